The summed E-state index contributed by atoms with van der Waals surface area (Å²) in [7, 11) is 1.89. The predicted molar refractivity (Wildman–Crippen MR) is 108 cm³/mol. The van der Waals surface area contributed by atoms with E-state index in [2.05, 4.69) is 9.88 Å². The van der Waals surface area contributed by atoms with E-state index < -0.39 is 5.63 Å². The summed E-state index contributed by atoms with van der Waals surface area (Å²) < 4.78 is 7.63. The van der Waals surface area contributed by atoms with E-state index >= 15 is 0 Å². The number of para-hydroxylation sites is 2. The summed E-state index contributed by atoms with van der Waals surface area (Å²) in [6, 6.07) is 13.0. The lowest BCUT2D eigenvalue weighted by molar-refractivity contribution is 0.323. The number of aromatic hydroxyl groups is 1. The molecular formula is C22H21N3O3. The molecule has 1 fully saturated rings. The molecule has 1 aliphatic rings. The Kier molecular flexibility index (Phi) is 3.94. The Balaban J connectivity index is 1.67. The summed E-state index contributed by atoms with van der Waals surface area (Å²) in [5.41, 5.74) is 2.90. The van der Waals surface area contributed by atoms with Crippen molar-refractivity contribution < 1.29 is 9.52 Å². The van der Waals surface area contributed by atoms with Crippen LogP contribution in [0.15, 0.2) is 51.7 Å². The average molecular weight is 375 g/mol. The van der Waals surface area contributed by atoms with Gasteiger partial charge < -0.3 is 14.1 Å². The first-order valence-corrected chi connectivity index (χ1v) is 9.55. The van der Waals surface area contributed by atoms with Crippen LogP contribution in [0.4, 0.5) is 0 Å². The van der Waals surface area contributed by atoms with Crippen molar-refractivity contribution in [3.05, 3.63) is 58.4 Å². The fraction of sp³-hybridized carbons (Fsp3) is 0.273. The molecule has 2 aromatic carbocycles. The van der Waals surface area contributed by atoms with Crippen LogP contribution in [-0.4, -0.2) is 32.6 Å². The van der Waals surface area contributed by atoms with Crippen molar-refractivity contribution in [2.75, 3.05) is 13.1 Å². The van der Waals surface area contributed by atoms with E-state index in [9.17, 15) is 9.90 Å². The van der Waals surface area contributed by atoms with Gasteiger partial charge in [0.15, 0.2) is 0 Å². The lowest BCUT2D eigenvalue weighted by Crippen LogP contribution is -2.19. The van der Waals surface area contributed by atoms with E-state index in [0.717, 1.165) is 42.4 Å². The summed E-state index contributed by atoms with van der Waals surface area (Å²) in [5, 5.41) is 11.2. The number of nitrogens with zero attached hydrogens (tertiary/aromatic N) is 3. The van der Waals surface area contributed by atoms with Gasteiger partial charge in [0.25, 0.3) is 0 Å². The van der Waals surface area contributed by atoms with Crippen LogP contribution in [0, 0.1) is 0 Å². The molecule has 1 saturated heterocycles. The molecule has 0 aliphatic carbocycles. The van der Waals surface area contributed by atoms with Gasteiger partial charge in [0.1, 0.15) is 22.7 Å². The molecule has 28 heavy (non-hydrogen) atoms. The lowest BCUT2D eigenvalue weighted by atomic mass is 10.1. The van der Waals surface area contributed by atoms with Gasteiger partial charge in [-0.15, -0.1) is 0 Å². The molecule has 1 aliphatic heterocycles. The van der Waals surface area contributed by atoms with Crippen LogP contribution in [0.25, 0.3) is 33.4 Å². The summed E-state index contributed by atoms with van der Waals surface area (Å²) in [4.78, 5) is 19.7. The van der Waals surface area contributed by atoms with Crippen LogP contribution in [0.3, 0.4) is 0 Å². The van der Waals surface area contributed by atoms with Crippen molar-refractivity contribution in [2.45, 2.75) is 19.4 Å². The van der Waals surface area contributed by atoms with Crippen LogP contribution in [0.5, 0.6) is 5.75 Å². The van der Waals surface area contributed by atoms with Gasteiger partial charge in [0.2, 0.25) is 0 Å². The fourth-order valence-corrected chi connectivity index (χ4v) is 4.09. The minimum absolute atomic E-state index is 0.165. The maximum atomic E-state index is 12.8. The van der Waals surface area contributed by atoms with Gasteiger partial charge in [0.05, 0.1) is 16.6 Å². The SMILES string of the molecule is Cn1c(-c2cc3ccc(O)c(CN4CCCC4)c3oc2=O)nc2ccccc21. The van der Waals surface area contributed by atoms with Crippen LogP contribution in [0.1, 0.15) is 18.4 Å². The number of aryl methyl sites for hydroxylation is 1. The standard InChI is InChI=1S/C22H21N3O3/c1-24-18-7-3-2-6-17(18)23-21(24)15-12-14-8-9-19(26)16(20(14)28-22(15)27)13-25-10-4-5-11-25/h2-3,6-9,12,26H,4-5,10-11,13H2,1H3. The number of hydrogen-bond acceptors (Lipinski definition) is 5. The van der Waals surface area contributed by atoms with E-state index in [1.165, 1.54) is 0 Å². The Morgan fingerprint density at radius 2 is 1.93 bits per heavy atom. The molecule has 5 rings (SSSR count). The predicted octanol–water partition coefficient (Wildman–Crippen LogP) is 3.65. The van der Waals surface area contributed by atoms with E-state index in [1.807, 2.05) is 41.9 Å². The molecule has 0 unspecified atom stereocenters. The average Bonchev–Trinajstić information content (AvgIpc) is 3.32. The molecule has 142 valence electrons. The smallest absolute Gasteiger partial charge is 0.347 e. The van der Waals surface area contributed by atoms with Crippen molar-refractivity contribution in [2.24, 2.45) is 7.05 Å². The van der Waals surface area contributed by atoms with E-state index in [1.54, 1.807) is 12.1 Å². The van der Waals surface area contributed by atoms with Gasteiger partial charge in [-0.1, -0.05) is 12.1 Å². The Labute approximate surface area is 161 Å². The molecule has 6 heteroatoms. The van der Waals surface area contributed by atoms with Crippen LogP contribution < -0.4 is 5.63 Å². The Morgan fingerprint density at radius 1 is 1.14 bits per heavy atom. The first kappa shape index (κ1) is 17.0. The van der Waals surface area contributed by atoms with Crippen molar-refractivity contribution in [3.8, 4) is 17.1 Å². The Morgan fingerprint density at radius 3 is 2.71 bits per heavy atom. The summed E-state index contributed by atoms with van der Waals surface area (Å²) >= 11 is 0. The van der Waals surface area contributed by atoms with Gasteiger partial charge in [-0.2, -0.15) is 0 Å². The molecule has 0 radical (unpaired) electrons. The van der Waals surface area contributed by atoms with E-state index in [4.69, 9.17) is 4.42 Å². The molecule has 3 heterocycles. The molecule has 4 aromatic rings. The lowest BCUT2D eigenvalue weighted by Gasteiger charge is -2.16. The van der Waals surface area contributed by atoms with Crippen molar-refractivity contribution in [1.29, 1.82) is 0 Å². The maximum absolute atomic E-state index is 12.8. The molecule has 0 amide bonds. The van der Waals surface area contributed by atoms with Gasteiger partial charge in [-0.25, -0.2) is 9.78 Å². The topological polar surface area (TPSA) is 71.5 Å². The normalized spacial score (nSPS) is 15.0. The third-order valence-electron chi connectivity index (χ3n) is 5.59. The zero-order valence-electron chi connectivity index (χ0n) is 15.7. The third kappa shape index (κ3) is 2.68. The molecule has 0 saturated carbocycles. The van der Waals surface area contributed by atoms with Gasteiger partial charge in [0, 0.05) is 19.0 Å². The highest BCUT2D eigenvalue weighted by atomic mass is 16.4. The highest BCUT2D eigenvalue weighted by molar-refractivity contribution is 5.87. The summed E-state index contributed by atoms with van der Waals surface area (Å²) in [5.74, 6) is 0.740. The van der Waals surface area contributed by atoms with Crippen LogP contribution >= 0.6 is 0 Å². The fourth-order valence-electron chi connectivity index (χ4n) is 4.09. The number of phenolic OH excluding ortho intramolecular Hbond substituents is 1. The van der Waals surface area contributed by atoms with Gasteiger partial charge in [-0.3, -0.25) is 4.90 Å². The third-order valence-corrected chi connectivity index (χ3v) is 5.59. The second kappa shape index (κ2) is 6.49. The Bertz CT molecular complexity index is 1250. The molecule has 0 atom stereocenters. The first-order valence-electron chi connectivity index (χ1n) is 9.55. The molecule has 1 N–H and O–H groups in total. The van der Waals surface area contributed by atoms with Crippen molar-refractivity contribution in [3.63, 3.8) is 0 Å². The van der Waals surface area contributed by atoms with Crippen LogP contribution in [0.2, 0.25) is 0 Å². The summed E-state index contributed by atoms with van der Waals surface area (Å²) in [6.45, 7) is 2.58. The number of phenols is 1. The number of fused-ring (bicyclic) bond motifs is 2. The maximum Gasteiger partial charge on any atom is 0.347 e. The highest BCUT2D eigenvalue weighted by Gasteiger charge is 2.20. The largest absolute Gasteiger partial charge is 0.507 e. The Hall–Kier alpha value is -3.12. The minimum atomic E-state index is -0.445. The number of benzene rings is 2. The number of imidazole rings is 1. The van der Waals surface area contributed by atoms with Crippen LogP contribution in [-0.2, 0) is 13.6 Å². The second-order valence-electron chi connectivity index (χ2n) is 7.40. The second-order valence-corrected chi connectivity index (χ2v) is 7.40. The van der Waals surface area contributed by atoms with Crippen molar-refractivity contribution in [1.82, 2.24) is 14.5 Å². The van der Waals surface area contributed by atoms with E-state index in [-0.39, 0.29) is 5.75 Å². The number of likely N-dealkylation sites (tertiary alicyclic amines) is 1. The zero-order chi connectivity index (χ0) is 19.3. The van der Waals surface area contributed by atoms with E-state index in [0.29, 0.717) is 29.1 Å². The molecule has 0 bridgehead atoms. The number of hydrogen-bond donors (Lipinski definition) is 1. The minimum Gasteiger partial charge on any atom is -0.507 e. The van der Waals surface area contributed by atoms with Crippen molar-refractivity contribution >= 4 is 22.0 Å². The quantitative estimate of drug-likeness (QED) is 0.554. The molecule has 0 spiro atoms. The monoisotopic (exact) mass is 375 g/mol. The van der Waals surface area contributed by atoms with Gasteiger partial charge >= 0.3 is 5.63 Å². The summed E-state index contributed by atoms with van der Waals surface area (Å²) in [6.07, 6.45) is 2.32. The first-order chi connectivity index (χ1) is 13.6. The zero-order valence-corrected chi connectivity index (χ0v) is 15.7. The van der Waals surface area contributed by atoms with Gasteiger partial charge in [-0.05, 0) is 56.3 Å². The molecule has 6 nitrogen and oxygen atoms in total. The number of rotatable bonds is 3. The number of aromatic nitrogens is 2. The molecular weight excluding hydrogens is 354 g/mol. The molecule has 2 aromatic heterocycles. The highest BCUT2D eigenvalue weighted by Crippen LogP contribution is 2.31.